The largest absolute Gasteiger partial charge is 0.394 e. The molecule has 0 aliphatic rings. The molecule has 0 heterocycles. The van der Waals surface area contributed by atoms with E-state index < -0.39 is 14.2 Å². The van der Waals surface area contributed by atoms with Crippen molar-refractivity contribution in [3.05, 3.63) is 0 Å². The van der Waals surface area contributed by atoms with Crippen LogP contribution in [0.25, 0.3) is 0 Å². The van der Waals surface area contributed by atoms with Crippen LogP contribution in [0.15, 0.2) is 0 Å². The molecule has 0 radical (unpaired) electrons. The van der Waals surface area contributed by atoms with Crippen molar-refractivity contribution in [2.75, 3.05) is 6.61 Å². The highest BCUT2D eigenvalue weighted by atomic mass is 31.2. The van der Waals surface area contributed by atoms with Crippen LogP contribution in [0.1, 0.15) is 0 Å². The third-order valence-corrected chi connectivity index (χ3v) is 1.24. The summed E-state index contributed by atoms with van der Waals surface area (Å²) >= 11 is 0. The maximum absolute atomic E-state index is 8.16. The number of nitrogens with two attached hydrogens (primary N) is 1. The molecule has 0 bridgehead atoms. The van der Waals surface area contributed by atoms with Gasteiger partial charge in [0.1, 0.15) is 0 Å². The summed E-state index contributed by atoms with van der Waals surface area (Å²) in [6.45, 7) is -0.376. The van der Waals surface area contributed by atoms with E-state index in [4.69, 9.17) is 20.6 Å². The van der Waals surface area contributed by atoms with Crippen LogP contribution in [0.3, 0.4) is 0 Å². The highest BCUT2D eigenvalue weighted by molar-refractivity contribution is 7.45. The number of hydrogen-bond acceptors (Lipinski definition) is 4. The molecule has 5 heteroatoms. The molecule has 5 N–H and O–H groups in total. The van der Waals surface area contributed by atoms with Gasteiger partial charge in [-0.15, -0.1) is 0 Å². The summed E-state index contributed by atoms with van der Waals surface area (Å²) in [5.74, 6) is -0.866. The predicted molar refractivity (Wildman–Crippen MR) is 26.4 cm³/mol. The van der Waals surface area contributed by atoms with E-state index in [-0.39, 0.29) is 6.61 Å². The Morgan fingerprint density at radius 2 is 2.00 bits per heavy atom. The first-order chi connectivity index (χ1) is 3.18. The second kappa shape index (κ2) is 3.29. The Morgan fingerprint density at radius 3 is 2.00 bits per heavy atom. The first kappa shape index (κ1) is 7.27. The van der Waals surface area contributed by atoms with Gasteiger partial charge in [0.05, 0.1) is 12.4 Å². The van der Waals surface area contributed by atoms with E-state index in [0.29, 0.717) is 0 Å². The van der Waals surface area contributed by atoms with Crippen LogP contribution in [0, 0.1) is 0 Å². The lowest BCUT2D eigenvalue weighted by atomic mass is 10.7. The molecule has 0 aromatic carbocycles. The van der Waals surface area contributed by atoms with Gasteiger partial charge >= 0.3 is 0 Å². The monoisotopic (exact) mass is 125 g/mol. The molecule has 0 spiro atoms. The first-order valence-electron chi connectivity index (χ1n) is 1.72. The Labute approximate surface area is 42.5 Å². The Kier molecular flexibility index (Phi) is 3.42. The van der Waals surface area contributed by atoms with Crippen molar-refractivity contribution in [1.29, 1.82) is 0 Å². The fourth-order valence-electron chi connectivity index (χ4n) is 0.0730. The van der Waals surface area contributed by atoms with Gasteiger partial charge < -0.3 is 20.6 Å². The van der Waals surface area contributed by atoms with Crippen molar-refractivity contribution >= 4 is 8.38 Å². The van der Waals surface area contributed by atoms with Crippen LogP contribution in [0.2, 0.25) is 0 Å². The van der Waals surface area contributed by atoms with Crippen LogP contribution in [0.4, 0.5) is 0 Å². The summed E-state index contributed by atoms with van der Waals surface area (Å²) < 4.78 is 0. The van der Waals surface area contributed by atoms with Crippen LogP contribution < -0.4 is 5.73 Å². The predicted octanol–water partition coefficient (Wildman–Crippen LogP) is -1.44. The lowest BCUT2D eigenvalue weighted by Gasteiger charge is -2.06. The van der Waals surface area contributed by atoms with E-state index in [2.05, 4.69) is 0 Å². The van der Waals surface area contributed by atoms with Gasteiger partial charge in [-0.25, -0.2) is 0 Å². The quantitative estimate of drug-likeness (QED) is 0.340. The van der Waals surface area contributed by atoms with Crippen LogP contribution in [-0.4, -0.2) is 27.3 Å². The van der Waals surface area contributed by atoms with Gasteiger partial charge in [0.15, 0.2) is 8.38 Å². The average Bonchev–Trinajstić information content (AvgIpc) is 1.65. The number of aliphatic hydroxyl groups is 1. The molecule has 1 unspecified atom stereocenters. The van der Waals surface area contributed by atoms with Crippen molar-refractivity contribution in [1.82, 2.24) is 0 Å². The Balaban J connectivity index is 3.14. The van der Waals surface area contributed by atoms with E-state index in [1.165, 1.54) is 0 Å². The van der Waals surface area contributed by atoms with Gasteiger partial charge in [-0.2, -0.15) is 0 Å². The fraction of sp³-hybridized carbons (Fsp3) is 1.00. The Hall–Kier alpha value is 0.270. The number of hydrogen-bond donors (Lipinski definition) is 4. The molecule has 0 rings (SSSR count). The summed E-state index contributed by atoms with van der Waals surface area (Å²) in [5.41, 5.74) is 4.89. The normalized spacial score (nSPS) is 15.0. The zero-order chi connectivity index (χ0) is 5.86. The molecule has 44 valence electrons. The van der Waals surface area contributed by atoms with Crippen molar-refractivity contribution in [3.8, 4) is 0 Å². The lowest BCUT2D eigenvalue weighted by molar-refractivity contribution is 0.283. The van der Waals surface area contributed by atoms with Gasteiger partial charge in [-0.3, -0.25) is 0 Å². The highest BCUT2D eigenvalue weighted by Gasteiger charge is 2.08. The van der Waals surface area contributed by atoms with Crippen molar-refractivity contribution in [2.45, 2.75) is 5.78 Å². The Morgan fingerprint density at radius 1 is 1.57 bits per heavy atom. The fourth-order valence-corrected chi connectivity index (χ4v) is 0.219. The van der Waals surface area contributed by atoms with E-state index in [0.717, 1.165) is 0 Å². The van der Waals surface area contributed by atoms with Crippen molar-refractivity contribution in [3.63, 3.8) is 0 Å². The summed E-state index contributed by atoms with van der Waals surface area (Å²) in [6, 6.07) is 0. The molecule has 4 nitrogen and oxygen atoms in total. The van der Waals surface area contributed by atoms with E-state index in [1.807, 2.05) is 0 Å². The molecule has 0 saturated carbocycles. The maximum atomic E-state index is 8.16. The molecule has 0 aromatic rings. The molecule has 0 aliphatic heterocycles. The molecule has 0 aromatic heterocycles. The number of aliphatic hydroxyl groups excluding tert-OH is 1. The molecular weight excluding hydrogens is 117 g/mol. The first-order valence-corrected chi connectivity index (χ1v) is 3.03. The second-order valence-corrected chi connectivity index (χ2v) is 2.37. The standard InChI is InChI=1S/C2H8NO3P/c3-2(1-4)7(5)6/h2,4-6H,1,3H2. The van der Waals surface area contributed by atoms with Crippen molar-refractivity contribution in [2.24, 2.45) is 5.73 Å². The van der Waals surface area contributed by atoms with E-state index >= 15 is 0 Å². The smallest absolute Gasteiger partial charge is 0.185 e. The molecule has 0 amide bonds. The van der Waals surface area contributed by atoms with E-state index in [1.54, 1.807) is 0 Å². The third-order valence-electron chi connectivity index (χ3n) is 0.484. The number of rotatable bonds is 2. The minimum absolute atomic E-state index is 0.376. The second-order valence-electron chi connectivity index (χ2n) is 1.07. The summed E-state index contributed by atoms with van der Waals surface area (Å²) in [4.78, 5) is 16.3. The SMILES string of the molecule is NC(CO)P(O)O. The minimum Gasteiger partial charge on any atom is -0.394 e. The molecule has 0 aliphatic carbocycles. The minimum atomic E-state index is -2.13. The molecular formula is C2H8NO3P. The van der Waals surface area contributed by atoms with Crippen molar-refractivity contribution < 1.29 is 14.9 Å². The zero-order valence-corrected chi connectivity index (χ0v) is 4.55. The van der Waals surface area contributed by atoms with E-state index in [9.17, 15) is 0 Å². The maximum Gasteiger partial charge on any atom is 0.185 e. The molecule has 7 heavy (non-hydrogen) atoms. The van der Waals surface area contributed by atoms with Crippen LogP contribution in [-0.2, 0) is 0 Å². The van der Waals surface area contributed by atoms with Gasteiger partial charge in [0.25, 0.3) is 0 Å². The lowest BCUT2D eigenvalue weighted by Crippen LogP contribution is -2.21. The molecule has 0 fully saturated rings. The van der Waals surface area contributed by atoms with Gasteiger partial charge in [0, 0.05) is 0 Å². The summed E-state index contributed by atoms with van der Waals surface area (Å²) in [7, 11) is -2.13. The molecule has 1 atom stereocenters. The van der Waals surface area contributed by atoms with Crippen LogP contribution >= 0.6 is 8.38 Å². The van der Waals surface area contributed by atoms with Crippen LogP contribution in [0.5, 0.6) is 0 Å². The zero-order valence-electron chi connectivity index (χ0n) is 3.65. The van der Waals surface area contributed by atoms with Gasteiger partial charge in [0.2, 0.25) is 0 Å². The molecule has 0 saturated heterocycles. The highest BCUT2D eigenvalue weighted by Crippen LogP contribution is 2.25. The third kappa shape index (κ3) is 2.91. The van der Waals surface area contributed by atoms with Gasteiger partial charge in [-0.1, -0.05) is 0 Å². The van der Waals surface area contributed by atoms with Gasteiger partial charge in [-0.05, 0) is 0 Å². The Bertz CT molecular complexity index is 50.2. The summed E-state index contributed by atoms with van der Waals surface area (Å²) in [5, 5.41) is 8.08. The average molecular weight is 125 g/mol. The summed E-state index contributed by atoms with van der Waals surface area (Å²) in [6.07, 6.45) is 0. The topological polar surface area (TPSA) is 86.7 Å².